The maximum absolute atomic E-state index is 11.0. The molecule has 0 bridgehead atoms. The molecule has 20 heavy (non-hydrogen) atoms. The van der Waals surface area contributed by atoms with E-state index in [1.165, 1.54) is 0 Å². The monoisotopic (exact) mass is 279 g/mol. The second kappa shape index (κ2) is 6.61. The van der Waals surface area contributed by atoms with Gasteiger partial charge in [-0.25, -0.2) is 0 Å². The fourth-order valence-corrected chi connectivity index (χ4v) is 2.60. The molecule has 2 unspecified atom stereocenters. The summed E-state index contributed by atoms with van der Waals surface area (Å²) < 4.78 is 10.8. The van der Waals surface area contributed by atoms with Crippen LogP contribution in [0.2, 0.25) is 0 Å². The molecule has 0 aliphatic carbocycles. The van der Waals surface area contributed by atoms with Crippen LogP contribution in [-0.2, 0) is 4.79 Å². The van der Waals surface area contributed by atoms with Crippen molar-refractivity contribution < 1.29 is 19.4 Å². The molecule has 1 aliphatic heterocycles. The van der Waals surface area contributed by atoms with E-state index in [0.717, 1.165) is 31.0 Å². The number of benzene rings is 1. The molecule has 0 spiro atoms. The van der Waals surface area contributed by atoms with Gasteiger partial charge in [0, 0.05) is 12.6 Å². The van der Waals surface area contributed by atoms with E-state index in [-0.39, 0.29) is 12.0 Å². The van der Waals surface area contributed by atoms with E-state index in [1.54, 1.807) is 7.11 Å². The summed E-state index contributed by atoms with van der Waals surface area (Å²) in [7, 11) is 1.63. The molecular formula is C15H21NO4. The predicted molar refractivity (Wildman–Crippen MR) is 75.3 cm³/mol. The Hall–Kier alpha value is -1.75. The lowest BCUT2D eigenvalue weighted by atomic mass is 10.0. The highest BCUT2D eigenvalue weighted by molar-refractivity contribution is 5.71. The Bertz CT molecular complexity index is 446. The minimum atomic E-state index is -0.698. The van der Waals surface area contributed by atoms with Crippen molar-refractivity contribution in [2.24, 2.45) is 5.92 Å². The van der Waals surface area contributed by atoms with Gasteiger partial charge in [-0.3, -0.25) is 9.69 Å². The third-order valence-electron chi connectivity index (χ3n) is 3.91. The average molecular weight is 279 g/mol. The third-order valence-corrected chi connectivity index (χ3v) is 3.91. The zero-order chi connectivity index (χ0) is 14.5. The Labute approximate surface area is 119 Å². The van der Waals surface area contributed by atoms with Crippen LogP contribution in [0.1, 0.15) is 13.3 Å². The van der Waals surface area contributed by atoms with Crippen molar-refractivity contribution in [3.63, 3.8) is 0 Å². The summed E-state index contributed by atoms with van der Waals surface area (Å²) in [6, 6.07) is 7.52. The average Bonchev–Trinajstić information content (AvgIpc) is 2.81. The van der Waals surface area contributed by atoms with Gasteiger partial charge in [-0.05, 0) is 44.2 Å². The number of carbonyl (C=O) groups is 1. The Balaban J connectivity index is 1.77. The van der Waals surface area contributed by atoms with Crippen molar-refractivity contribution in [1.82, 2.24) is 4.90 Å². The summed E-state index contributed by atoms with van der Waals surface area (Å²) in [4.78, 5) is 13.2. The largest absolute Gasteiger partial charge is 0.497 e. The van der Waals surface area contributed by atoms with E-state index in [0.29, 0.717) is 6.61 Å². The van der Waals surface area contributed by atoms with E-state index >= 15 is 0 Å². The number of carboxylic acids is 1. The number of aliphatic carboxylic acids is 1. The van der Waals surface area contributed by atoms with Gasteiger partial charge in [-0.2, -0.15) is 0 Å². The van der Waals surface area contributed by atoms with Crippen LogP contribution >= 0.6 is 0 Å². The summed E-state index contributed by atoms with van der Waals surface area (Å²) in [5.41, 5.74) is 0. The van der Waals surface area contributed by atoms with Crippen LogP contribution in [-0.4, -0.2) is 48.8 Å². The minimum absolute atomic E-state index is 0.0759. The highest BCUT2D eigenvalue weighted by Crippen LogP contribution is 2.24. The topological polar surface area (TPSA) is 59.0 Å². The minimum Gasteiger partial charge on any atom is -0.497 e. The van der Waals surface area contributed by atoms with Crippen molar-refractivity contribution >= 4 is 5.97 Å². The molecule has 2 atom stereocenters. The molecule has 1 aliphatic rings. The Morgan fingerprint density at radius 1 is 1.35 bits per heavy atom. The molecule has 1 fully saturated rings. The van der Waals surface area contributed by atoms with Crippen LogP contribution < -0.4 is 9.47 Å². The van der Waals surface area contributed by atoms with Gasteiger partial charge in [0.05, 0.1) is 13.0 Å². The summed E-state index contributed by atoms with van der Waals surface area (Å²) in [6.45, 7) is 4.10. The van der Waals surface area contributed by atoms with E-state index in [4.69, 9.17) is 14.6 Å². The Morgan fingerprint density at radius 3 is 2.55 bits per heavy atom. The highest BCUT2D eigenvalue weighted by Gasteiger charge is 2.35. The first-order valence-corrected chi connectivity index (χ1v) is 6.85. The van der Waals surface area contributed by atoms with Gasteiger partial charge < -0.3 is 14.6 Å². The highest BCUT2D eigenvalue weighted by atomic mass is 16.5. The van der Waals surface area contributed by atoms with Gasteiger partial charge in [-0.1, -0.05) is 0 Å². The molecule has 0 aromatic heterocycles. The second-order valence-electron chi connectivity index (χ2n) is 5.03. The fraction of sp³-hybridized carbons (Fsp3) is 0.533. The zero-order valence-corrected chi connectivity index (χ0v) is 11.9. The molecule has 0 radical (unpaired) electrons. The molecule has 1 N–H and O–H groups in total. The van der Waals surface area contributed by atoms with E-state index in [2.05, 4.69) is 4.90 Å². The maximum Gasteiger partial charge on any atom is 0.308 e. The number of hydrogen-bond acceptors (Lipinski definition) is 4. The molecular weight excluding hydrogens is 258 g/mol. The van der Waals surface area contributed by atoms with Crippen molar-refractivity contribution in [2.45, 2.75) is 19.4 Å². The molecule has 110 valence electrons. The number of likely N-dealkylation sites (tertiary alicyclic amines) is 1. The smallest absolute Gasteiger partial charge is 0.308 e. The van der Waals surface area contributed by atoms with E-state index in [9.17, 15) is 4.79 Å². The van der Waals surface area contributed by atoms with Gasteiger partial charge in [0.1, 0.15) is 18.1 Å². The number of methoxy groups -OCH3 is 1. The molecule has 5 heteroatoms. The molecule has 1 aromatic rings. The fourth-order valence-electron chi connectivity index (χ4n) is 2.60. The standard InChI is InChI=1S/C15H21NO4/c1-11-14(15(17)18)7-8-16(11)9-10-20-13-5-3-12(19-2)4-6-13/h3-6,11,14H,7-10H2,1-2H3,(H,17,18). The predicted octanol–water partition coefficient (Wildman–Crippen LogP) is 1.87. The van der Waals surface area contributed by atoms with Crippen molar-refractivity contribution in [2.75, 3.05) is 26.8 Å². The lowest BCUT2D eigenvalue weighted by molar-refractivity contribution is -0.142. The zero-order valence-electron chi connectivity index (χ0n) is 11.9. The van der Waals surface area contributed by atoms with Crippen molar-refractivity contribution in [1.29, 1.82) is 0 Å². The molecule has 0 amide bonds. The summed E-state index contributed by atoms with van der Waals surface area (Å²) in [6.07, 6.45) is 0.721. The third kappa shape index (κ3) is 3.42. The lowest BCUT2D eigenvalue weighted by Gasteiger charge is -2.22. The first kappa shape index (κ1) is 14.7. The van der Waals surface area contributed by atoms with Crippen LogP contribution in [0.4, 0.5) is 0 Å². The second-order valence-corrected chi connectivity index (χ2v) is 5.03. The number of rotatable bonds is 6. The normalized spacial score (nSPS) is 22.7. The number of ether oxygens (including phenoxy) is 2. The molecule has 1 saturated heterocycles. The summed E-state index contributed by atoms with van der Waals surface area (Å²) >= 11 is 0. The molecule has 1 heterocycles. The van der Waals surface area contributed by atoms with E-state index in [1.807, 2.05) is 31.2 Å². The molecule has 1 aromatic carbocycles. The van der Waals surface area contributed by atoms with Gasteiger partial charge >= 0.3 is 5.97 Å². The SMILES string of the molecule is COc1ccc(OCCN2CCC(C(=O)O)C2C)cc1. The quantitative estimate of drug-likeness (QED) is 0.861. The van der Waals surface area contributed by atoms with Gasteiger partial charge in [0.15, 0.2) is 0 Å². The first-order valence-electron chi connectivity index (χ1n) is 6.85. The number of nitrogens with zero attached hydrogens (tertiary/aromatic N) is 1. The number of carboxylic acid groups (broad SMARTS) is 1. The Morgan fingerprint density at radius 2 is 2.00 bits per heavy atom. The van der Waals surface area contributed by atoms with Crippen LogP contribution in [0, 0.1) is 5.92 Å². The number of hydrogen-bond donors (Lipinski definition) is 1. The van der Waals surface area contributed by atoms with Crippen LogP contribution in [0.3, 0.4) is 0 Å². The Kier molecular flexibility index (Phi) is 4.84. The maximum atomic E-state index is 11.0. The molecule has 2 rings (SSSR count). The van der Waals surface area contributed by atoms with Crippen molar-refractivity contribution in [3.05, 3.63) is 24.3 Å². The van der Waals surface area contributed by atoms with E-state index < -0.39 is 5.97 Å². The summed E-state index contributed by atoms with van der Waals surface area (Å²) in [5.74, 6) is 0.648. The molecule has 0 saturated carbocycles. The van der Waals surface area contributed by atoms with Crippen LogP contribution in [0.25, 0.3) is 0 Å². The lowest BCUT2D eigenvalue weighted by Crippen LogP contribution is -2.35. The van der Waals surface area contributed by atoms with Crippen LogP contribution in [0.5, 0.6) is 11.5 Å². The van der Waals surface area contributed by atoms with Gasteiger partial charge in [-0.15, -0.1) is 0 Å². The summed E-state index contributed by atoms with van der Waals surface area (Å²) in [5, 5.41) is 9.08. The van der Waals surface area contributed by atoms with Gasteiger partial charge in [0.2, 0.25) is 0 Å². The molecule has 5 nitrogen and oxygen atoms in total. The van der Waals surface area contributed by atoms with Crippen molar-refractivity contribution in [3.8, 4) is 11.5 Å². The van der Waals surface area contributed by atoms with Crippen LogP contribution in [0.15, 0.2) is 24.3 Å². The first-order chi connectivity index (χ1) is 9.61. The van der Waals surface area contributed by atoms with Gasteiger partial charge in [0.25, 0.3) is 0 Å².